The third-order valence-corrected chi connectivity index (χ3v) is 6.20. The molecule has 0 spiro atoms. The summed E-state index contributed by atoms with van der Waals surface area (Å²) in [6.07, 6.45) is 0.457. The van der Waals surface area contributed by atoms with Crippen molar-refractivity contribution >= 4 is 22.4 Å². The van der Waals surface area contributed by atoms with E-state index < -0.39 is 0 Å². The maximum absolute atomic E-state index is 12.0. The first-order chi connectivity index (χ1) is 14.1. The summed E-state index contributed by atoms with van der Waals surface area (Å²) in [6, 6.07) is 9.99. The lowest BCUT2D eigenvalue weighted by Gasteiger charge is -2.38. The van der Waals surface area contributed by atoms with Crippen LogP contribution in [0.2, 0.25) is 0 Å². The van der Waals surface area contributed by atoms with E-state index in [0.29, 0.717) is 37.7 Å². The minimum Gasteiger partial charge on any atom is -0.492 e. The molecule has 9 heteroatoms. The molecule has 0 saturated carbocycles. The third kappa shape index (κ3) is 3.79. The highest BCUT2D eigenvalue weighted by Crippen LogP contribution is 2.40. The van der Waals surface area contributed by atoms with Crippen molar-refractivity contribution in [1.82, 2.24) is 24.4 Å². The predicted octanol–water partition coefficient (Wildman–Crippen LogP) is 2.92. The molecule has 1 saturated heterocycles. The van der Waals surface area contributed by atoms with Crippen molar-refractivity contribution in [2.24, 2.45) is 0 Å². The van der Waals surface area contributed by atoms with E-state index in [4.69, 9.17) is 4.74 Å². The lowest BCUT2D eigenvalue weighted by molar-refractivity contribution is 0.0715. The van der Waals surface area contributed by atoms with Gasteiger partial charge in [-0.05, 0) is 12.5 Å². The molecule has 1 aliphatic heterocycles. The Morgan fingerprint density at radius 2 is 1.93 bits per heavy atom. The maximum atomic E-state index is 12.0. The summed E-state index contributed by atoms with van der Waals surface area (Å²) in [5.74, 6) is 0.858. The highest BCUT2D eigenvalue weighted by molar-refractivity contribution is 7.17. The Morgan fingerprint density at radius 3 is 2.55 bits per heavy atom. The molecule has 4 rings (SSSR count). The van der Waals surface area contributed by atoms with Gasteiger partial charge >= 0.3 is 6.09 Å². The molecule has 1 aliphatic rings. The van der Waals surface area contributed by atoms with E-state index >= 15 is 0 Å². The number of ether oxygens (including phenoxy) is 1. The van der Waals surface area contributed by atoms with Gasteiger partial charge < -0.3 is 14.7 Å². The number of carbonyl (C=O) groups is 1. The number of nitrogens with zero attached hydrogens (tertiary/aromatic N) is 5. The lowest BCUT2D eigenvalue weighted by atomic mass is 10.0. The molecule has 3 aromatic rings. The van der Waals surface area contributed by atoms with Crippen LogP contribution in [0.1, 0.15) is 36.2 Å². The van der Waals surface area contributed by atoms with Gasteiger partial charge in [-0.2, -0.15) is 4.52 Å². The van der Waals surface area contributed by atoms with Crippen LogP contribution in [0.15, 0.2) is 30.3 Å². The van der Waals surface area contributed by atoms with E-state index in [-0.39, 0.29) is 18.0 Å². The lowest BCUT2D eigenvalue weighted by Crippen LogP contribution is -2.49. The molecule has 8 nitrogen and oxygen atoms in total. The maximum Gasteiger partial charge on any atom is 0.409 e. The Kier molecular flexibility index (Phi) is 5.68. The molecule has 1 aromatic carbocycles. The van der Waals surface area contributed by atoms with Gasteiger partial charge in [-0.1, -0.05) is 48.6 Å². The van der Waals surface area contributed by atoms with Crippen molar-refractivity contribution < 1.29 is 14.6 Å². The summed E-state index contributed by atoms with van der Waals surface area (Å²) in [5, 5.41) is 15.3. The van der Waals surface area contributed by atoms with E-state index in [1.807, 2.05) is 32.0 Å². The predicted molar refractivity (Wildman–Crippen MR) is 110 cm³/mol. The molecule has 154 valence electrons. The summed E-state index contributed by atoms with van der Waals surface area (Å²) in [6.45, 7) is 6.73. The molecule has 0 bridgehead atoms. The van der Waals surface area contributed by atoms with Crippen molar-refractivity contribution in [1.29, 1.82) is 0 Å². The summed E-state index contributed by atoms with van der Waals surface area (Å²) in [4.78, 5) is 22.1. The summed E-state index contributed by atoms with van der Waals surface area (Å²) < 4.78 is 6.66. The van der Waals surface area contributed by atoms with E-state index in [2.05, 4.69) is 27.1 Å². The van der Waals surface area contributed by atoms with Crippen LogP contribution < -0.4 is 0 Å². The number of aromatic nitrogens is 3. The molecule has 0 radical (unpaired) electrons. The summed E-state index contributed by atoms with van der Waals surface area (Å²) in [5.41, 5.74) is 1.09. The van der Waals surface area contributed by atoms with Crippen LogP contribution in [-0.4, -0.2) is 68.4 Å². The van der Waals surface area contributed by atoms with Crippen LogP contribution in [0.5, 0.6) is 5.88 Å². The van der Waals surface area contributed by atoms with Crippen molar-refractivity contribution in [3.05, 3.63) is 46.6 Å². The van der Waals surface area contributed by atoms with Crippen molar-refractivity contribution in [3.8, 4) is 5.88 Å². The Hall–Kier alpha value is -2.65. The first-order valence-corrected chi connectivity index (χ1v) is 10.7. The Morgan fingerprint density at radius 1 is 1.21 bits per heavy atom. The smallest absolute Gasteiger partial charge is 0.409 e. The van der Waals surface area contributed by atoms with E-state index in [0.717, 1.165) is 22.7 Å². The third-order valence-electron chi connectivity index (χ3n) is 5.13. The van der Waals surface area contributed by atoms with E-state index in [1.54, 1.807) is 4.90 Å². The van der Waals surface area contributed by atoms with Gasteiger partial charge in [0.25, 0.3) is 0 Å². The highest BCUT2D eigenvalue weighted by Gasteiger charge is 2.32. The number of benzene rings is 1. The van der Waals surface area contributed by atoms with Crippen LogP contribution >= 0.6 is 11.3 Å². The van der Waals surface area contributed by atoms with Crippen LogP contribution in [0.3, 0.4) is 0 Å². The van der Waals surface area contributed by atoms with Gasteiger partial charge in [-0.3, -0.25) is 4.90 Å². The van der Waals surface area contributed by atoms with Gasteiger partial charge in [0.15, 0.2) is 5.82 Å². The number of aryl methyl sites for hydroxylation is 1. The van der Waals surface area contributed by atoms with E-state index in [1.165, 1.54) is 15.9 Å². The zero-order valence-corrected chi connectivity index (χ0v) is 17.4. The average Bonchev–Trinajstić information content (AvgIpc) is 3.29. The van der Waals surface area contributed by atoms with Gasteiger partial charge in [0.1, 0.15) is 0 Å². The van der Waals surface area contributed by atoms with Crippen LogP contribution in [0.4, 0.5) is 4.79 Å². The molecule has 1 N–H and O–H groups in total. The number of aromatic hydroxyl groups is 1. The molecule has 0 unspecified atom stereocenters. The van der Waals surface area contributed by atoms with Crippen LogP contribution in [-0.2, 0) is 11.2 Å². The molecule has 1 atom stereocenters. The largest absolute Gasteiger partial charge is 0.492 e. The van der Waals surface area contributed by atoms with Gasteiger partial charge in [-0.25, -0.2) is 9.78 Å². The molecular weight excluding hydrogens is 390 g/mol. The topological polar surface area (TPSA) is 83.2 Å². The second-order valence-corrected chi connectivity index (χ2v) is 7.91. The van der Waals surface area contributed by atoms with E-state index in [9.17, 15) is 9.90 Å². The molecular formula is C20H25N5O3S. The number of thiazole rings is 1. The van der Waals surface area contributed by atoms with Crippen molar-refractivity contribution in [2.75, 3.05) is 32.8 Å². The zero-order valence-electron chi connectivity index (χ0n) is 16.6. The average molecular weight is 416 g/mol. The standard InChI is InChI=1S/C20H25N5O3S/c1-3-15-21-19-25(22-15)18(26)17(29-19)16(14-8-6-5-7-9-14)23-10-12-24(13-11-23)20(27)28-4-2/h5-9,16,26H,3-4,10-13H2,1-2H3/t16-/m1/s1. The molecule has 1 amide bonds. The first kappa shape index (κ1) is 19.7. The Balaban J connectivity index is 1.65. The van der Waals surface area contributed by atoms with Crippen LogP contribution in [0, 0.1) is 0 Å². The number of amides is 1. The van der Waals surface area contributed by atoms with Gasteiger partial charge in [-0.15, -0.1) is 5.10 Å². The molecule has 0 aliphatic carbocycles. The highest BCUT2D eigenvalue weighted by atomic mass is 32.1. The second-order valence-electron chi connectivity index (χ2n) is 6.90. The Labute approximate surface area is 173 Å². The number of carbonyl (C=O) groups excluding carboxylic acids is 1. The summed E-state index contributed by atoms with van der Waals surface area (Å²) in [7, 11) is 0. The van der Waals surface area contributed by atoms with Gasteiger partial charge in [0.2, 0.25) is 10.8 Å². The zero-order chi connectivity index (χ0) is 20.4. The number of hydrogen-bond acceptors (Lipinski definition) is 7. The fraction of sp³-hybridized carbons (Fsp3) is 0.450. The second kappa shape index (κ2) is 8.38. The SMILES string of the molecule is CCOC(=O)N1CCN([C@H](c2ccccc2)c2sc3nc(CC)nn3c2O)CC1. The monoisotopic (exact) mass is 415 g/mol. The van der Waals surface area contributed by atoms with Gasteiger partial charge in [0.05, 0.1) is 17.5 Å². The molecule has 1 fully saturated rings. The number of fused-ring (bicyclic) bond motifs is 1. The summed E-state index contributed by atoms with van der Waals surface area (Å²) >= 11 is 1.46. The Bertz CT molecular complexity index is 979. The normalized spacial score (nSPS) is 16.3. The first-order valence-electron chi connectivity index (χ1n) is 9.90. The molecule has 3 heterocycles. The van der Waals surface area contributed by atoms with Crippen LogP contribution in [0.25, 0.3) is 4.96 Å². The number of piperazine rings is 1. The van der Waals surface area contributed by atoms with Crippen molar-refractivity contribution in [2.45, 2.75) is 26.3 Å². The number of rotatable bonds is 5. The fourth-order valence-corrected chi connectivity index (χ4v) is 4.80. The molecule has 29 heavy (non-hydrogen) atoms. The van der Waals surface area contributed by atoms with Crippen molar-refractivity contribution in [3.63, 3.8) is 0 Å². The molecule has 2 aromatic heterocycles. The quantitative estimate of drug-likeness (QED) is 0.690. The number of hydrogen-bond donors (Lipinski definition) is 1. The fourth-order valence-electron chi connectivity index (χ4n) is 3.66. The minimum absolute atomic E-state index is 0.126. The minimum atomic E-state index is -0.267. The van der Waals surface area contributed by atoms with Gasteiger partial charge in [0, 0.05) is 32.6 Å².